The van der Waals surface area contributed by atoms with Gasteiger partial charge < -0.3 is 16.2 Å². The molecule has 2 aromatic rings. The van der Waals surface area contributed by atoms with Gasteiger partial charge in [-0.05, 0) is 25.0 Å². The molecule has 1 aliphatic rings. The summed E-state index contributed by atoms with van der Waals surface area (Å²) in [6.45, 7) is 1.86. The van der Waals surface area contributed by atoms with Crippen molar-refractivity contribution in [2.75, 3.05) is 11.9 Å². The van der Waals surface area contributed by atoms with Crippen LogP contribution in [0, 0.1) is 0 Å². The van der Waals surface area contributed by atoms with Gasteiger partial charge >= 0.3 is 0 Å². The van der Waals surface area contributed by atoms with E-state index in [2.05, 4.69) is 20.4 Å². The fourth-order valence-corrected chi connectivity index (χ4v) is 2.70. The van der Waals surface area contributed by atoms with Crippen LogP contribution in [-0.4, -0.2) is 37.4 Å². The number of carbonyl (C=O) groups is 1. The van der Waals surface area contributed by atoms with Gasteiger partial charge in [-0.1, -0.05) is 6.07 Å². The highest BCUT2D eigenvalue weighted by Crippen LogP contribution is 2.34. The number of pyridine rings is 1. The number of aliphatic hydroxyl groups excluding tert-OH is 1. The molecular formula is C15H18N6O2. The first-order chi connectivity index (χ1) is 11.1. The van der Waals surface area contributed by atoms with Crippen LogP contribution in [0.4, 0.5) is 5.95 Å². The molecule has 3 rings (SSSR count). The number of nitrogens with zero attached hydrogens (tertiary/aromatic N) is 4. The summed E-state index contributed by atoms with van der Waals surface area (Å²) < 4.78 is 1.65. The van der Waals surface area contributed by atoms with Crippen molar-refractivity contribution in [2.24, 2.45) is 5.73 Å². The molecule has 0 saturated carbocycles. The summed E-state index contributed by atoms with van der Waals surface area (Å²) >= 11 is 0. The van der Waals surface area contributed by atoms with Gasteiger partial charge in [0, 0.05) is 31.1 Å². The maximum absolute atomic E-state index is 11.9. The number of fused-ring (bicyclic) bond motifs is 1. The Morgan fingerprint density at radius 1 is 1.52 bits per heavy atom. The molecule has 0 radical (unpaired) electrons. The molecule has 0 saturated heterocycles. The van der Waals surface area contributed by atoms with Gasteiger partial charge in [0.1, 0.15) is 6.04 Å². The molecule has 3 heterocycles. The van der Waals surface area contributed by atoms with E-state index < -0.39 is 11.9 Å². The lowest BCUT2D eigenvalue weighted by Crippen LogP contribution is -2.31. The SMILES string of the molecule is CC1=C(C(N)=O)[C@H](c2cccnc2)n2nc(CCCO)nc2N1. The van der Waals surface area contributed by atoms with E-state index in [4.69, 9.17) is 10.8 Å². The number of hydrogen-bond acceptors (Lipinski definition) is 6. The first-order valence-corrected chi connectivity index (χ1v) is 7.35. The number of aliphatic hydroxyl groups is 1. The molecule has 0 fully saturated rings. The maximum atomic E-state index is 11.9. The van der Waals surface area contributed by atoms with Crippen molar-refractivity contribution in [3.05, 3.63) is 47.2 Å². The molecule has 1 atom stereocenters. The lowest BCUT2D eigenvalue weighted by molar-refractivity contribution is -0.115. The summed E-state index contributed by atoms with van der Waals surface area (Å²) in [6.07, 6.45) is 4.49. The van der Waals surface area contributed by atoms with Gasteiger partial charge in [-0.15, -0.1) is 0 Å². The Balaban J connectivity index is 2.09. The van der Waals surface area contributed by atoms with Crippen LogP contribution in [0.1, 0.15) is 30.8 Å². The quantitative estimate of drug-likeness (QED) is 0.733. The molecular weight excluding hydrogens is 296 g/mol. The summed E-state index contributed by atoms with van der Waals surface area (Å²) in [7, 11) is 0. The topological polar surface area (TPSA) is 119 Å². The van der Waals surface area contributed by atoms with Gasteiger partial charge in [-0.25, -0.2) is 4.68 Å². The third-order valence-corrected chi connectivity index (χ3v) is 3.72. The molecule has 4 N–H and O–H groups in total. The predicted molar refractivity (Wildman–Crippen MR) is 83.3 cm³/mol. The summed E-state index contributed by atoms with van der Waals surface area (Å²) in [5, 5.41) is 16.5. The van der Waals surface area contributed by atoms with Gasteiger partial charge in [0.2, 0.25) is 11.9 Å². The first-order valence-electron chi connectivity index (χ1n) is 7.35. The van der Waals surface area contributed by atoms with Crippen molar-refractivity contribution in [1.29, 1.82) is 0 Å². The van der Waals surface area contributed by atoms with Crippen LogP contribution in [0.25, 0.3) is 0 Å². The number of rotatable bonds is 5. The van der Waals surface area contributed by atoms with E-state index in [0.717, 1.165) is 5.56 Å². The molecule has 8 heteroatoms. The van der Waals surface area contributed by atoms with Crippen LogP contribution in [0.2, 0.25) is 0 Å². The molecule has 0 bridgehead atoms. The van der Waals surface area contributed by atoms with Crippen molar-refractivity contribution in [2.45, 2.75) is 25.8 Å². The summed E-state index contributed by atoms with van der Waals surface area (Å²) in [4.78, 5) is 20.5. The third-order valence-electron chi connectivity index (χ3n) is 3.72. The molecule has 0 unspecified atom stereocenters. The normalized spacial score (nSPS) is 16.9. The van der Waals surface area contributed by atoms with Crippen LogP contribution in [0.5, 0.6) is 0 Å². The fraction of sp³-hybridized carbons (Fsp3) is 0.333. The minimum Gasteiger partial charge on any atom is -0.396 e. The van der Waals surface area contributed by atoms with Crippen LogP contribution in [0.3, 0.4) is 0 Å². The average Bonchev–Trinajstić information content (AvgIpc) is 2.94. The number of amides is 1. The van der Waals surface area contributed by atoms with Crippen molar-refractivity contribution in [1.82, 2.24) is 19.7 Å². The maximum Gasteiger partial charge on any atom is 0.248 e. The van der Waals surface area contributed by atoms with Crippen LogP contribution < -0.4 is 11.1 Å². The molecule has 23 heavy (non-hydrogen) atoms. The minimum atomic E-state index is -0.512. The summed E-state index contributed by atoms with van der Waals surface area (Å²) in [5.41, 5.74) is 7.47. The molecule has 1 amide bonds. The minimum absolute atomic E-state index is 0.0765. The second-order valence-corrected chi connectivity index (χ2v) is 5.34. The van der Waals surface area contributed by atoms with E-state index in [-0.39, 0.29) is 6.61 Å². The van der Waals surface area contributed by atoms with Crippen molar-refractivity contribution < 1.29 is 9.90 Å². The number of aromatic nitrogens is 4. The predicted octanol–water partition coefficient (Wildman–Crippen LogP) is 0.372. The lowest BCUT2D eigenvalue weighted by atomic mass is 9.97. The Kier molecular flexibility index (Phi) is 4.07. The Morgan fingerprint density at radius 3 is 3.00 bits per heavy atom. The van der Waals surface area contributed by atoms with Crippen LogP contribution in [-0.2, 0) is 11.2 Å². The summed E-state index contributed by atoms with van der Waals surface area (Å²) in [5.74, 6) is 0.644. The molecule has 120 valence electrons. The second-order valence-electron chi connectivity index (χ2n) is 5.34. The fourth-order valence-electron chi connectivity index (χ4n) is 2.70. The number of nitrogens with two attached hydrogens (primary N) is 1. The van der Waals surface area contributed by atoms with E-state index in [1.54, 1.807) is 30.1 Å². The zero-order chi connectivity index (χ0) is 16.4. The Hall–Kier alpha value is -2.74. The molecule has 2 aromatic heterocycles. The van der Waals surface area contributed by atoms with Gasteiger partial charge in [0.25, 0.3) is 0 Å². The average molecular weight is 314 g/mol. The third kappa shape index (κ3) is 2.80. The highest BCUT2D eigenvalue weighted by molar-refractivity contribution is 5.95. The number of nitrogens with one attached hydrogen (secondary N) is 1. The molecule has 0 spiro atoms. The number of carbonyl (C=O) groups excluding carboxylic acids is 1. The van der Waals surface area contributed by atoms with E-state index in [9.17, 15) is 4.79 Å². The van der Waals surface area contributed by atoms with Gasteiger partial charge in [0.05, 0.1) is 5.57 Å². The van der Waals surface area contributed by atoms with E-state index in [0.29, 0.717) is 35.9 Å². The van der Waals surface area contributed by atoms with E-state index in [1.165, 1.54) is 0 Å². The largest absolute Gasteiger partial charge is 0.396 e. The smallest absolute Gasteiger partial charge is 0.248 e. The van der Waals surface area contributed by atoms with E-state index >= 15 is 0 Å². The second kappa shape index (κ2) is 6.17. The Morgan fingerprint density at radius 2 is 2.35 bits per heavy atom. The zero-order valence-corrected chi connectivity index (χ0v) is 12.7. The molecule has 8 nitrogen and oxygen atoms in total. The summed E-state index contributed by atoms with van der Waals surface area (Å²) in [6, 6.07) is 3.21. The highest BCUT2D eigenvalue weighted by atomic mass is 16.3. The number of primary amides is 1. The number of aryl methyl sites for hydroxylation is 1. The van der Waals surface area contributed by atoms with E-state index in [1.807, 2.05) is 6.07 Å². The van der Waals surface area contributed by atoms with Gasteiger partial charge in [0.15, 0.2) is 5.82 Å². The van der Waals surface area contributed by atoms with Gasteiger partial charge in [-0.3, -0.25) is 9.78 Å². The van der Waals surface area contributed by atoms with Crippen molar-refractivity contribution in [3.8, 4) is 0 Å². The number of anilines is 1. The van der Waals surface area contributed by atoms with Crippen LogP contribution >= 0.6 is 0 Å². The number of allylic oxidation sites excluding steroid dienone is 1. The standard InChI is InChI=1S/C15H18N6O2/c1-9-12(14(16)23)13(10-4-2-6-17-8-10)21-15(18-9)19-11(20-21)5-3-7-22/h2,4,6,8,13,22H,3,5,7H2,1H3,(H2,16,23)(H,18,19,20)/t13-/m0/s1. The Bertz CT molecular complexity index is 753. The molecule has 0 aromatic carbocycles. The molecule has 1 aliphatic heterocycles. The van der Waals surface area contributed by atoms with Crippen molar-refractivity contribution >= 4 is 11.9 Å². The number of hydrogen-bond donors (Lipinski definition) is 3. The van der Waals surface area contributed by atoms with Crippen LogP contribution in [0.15, 0.2) is 35.8 Å². The first kappa shape index (κ1) is 15.2. The highest BCUT2D eigenvalue weighted by Gasteiger charge is 2.33. The lowest BCUT2D eigenvalue weighted by Gasteiger charge is -2.27. The van der Waals surface area contributed by atoms with Gasteiger partial charge in [-0.2, -0.15) is 10.1 Å². The monoisotopic (exact) mass is 314 g/mol. The van der Waals surface area contributed by atoms with Crippen molar-refractivity contribution in [3.63, 3.8) is 0 Å². The molecule has 0 aliphatic carbocycles. The Labute approximate surface area is 133 Å². The zero-order valence-electron chi connectivity index (χ0n) is 12.7.